The molecule has 4 heterocycles. The van der Waals surface area contributed by atoms with E-state index in [1.54, 1.807) is 61.6 Å². The van der Waals surface area contributed by atoms with E-state index in [4.69, 9.17) is 18.9 Å². The SMILES string of the molecule is COc1cc2nccc(Oc3ncc(/N=C/c4nn(C5CCOCC5)cc(-c5ccc(F)cc5)c4=O)cn3)c2cc1OC. The van der Waals surface area contributed by atoms with Crippen LogP contribution in [0.5, 0.6) is 23.3 Å². The molecule has 43 heavy (non-hydrogen) atoms. The van der Waals surface area contributed by atoms with Crippen molar-refractivity contribution in [3.8, 4) is 34.4 Å². The number of fused-ring (bicyclic) bond motifs is 1. The first kappa shape index (κ1) is 27.9. The lowest BCUT2D eigenvalue weighted by molar-refractivity contribution is 0.0657. The number of halogens is 1. The van der Waals surface area contributed by atoms with Gasteiger partial charge in [0.1, 0.15) is 17.3 Å². The number of benzene rings is 2. The summed E-state index contributed by atoms with van der Waals surface area (Å²) in [5.41, 5.74) is 1.86. The number of ether oxygens (including phenoxy) is 4. The number of hydrogen-bond acceptors (Lipinski definition) is 10. The van der Waals surface area contributed by atoms with Gasteiger partial charge in [-0.25, -0.2) is 14.4 Å². The van der Waals surface area contributed by atoms with Gasteiger partial charge in [-0.2, -0.15) is 5.10 Å². The molecule has 0 amide bonds. The summed E-state index contributed by atoms with van der Waals surface area (Å²) in [6, 6.07) is 11.2. The Labute approximate surface area is 245 Å². The van der Waals surface area contributed by atoms with Crippen molar-refractivity contribution in [2.24, 2.45) is 4.99 Å². The molecule has 12 heteroatoms. The van der Waals surface area contributed by atoms with E-state index >= 15 is 0 Å². The second-order valence-corrected chi connectivity index (χ2v) is 9.71. The van der Waals surface area contributed by atoms with Crippen LogP contribution in [0.25, 0.3) is 22.0 Å². The van der Waals surface area contributed by atoms with Gasteiger partial charge in [-0.05, 0) is 42.7 Å². The summed E-state index contributed by atoms with van der Waals surface area (Å²) in [4.78, 5) is 30.7. The highest BCUT2D eigenvalue weighted by Crippen LogP contribution is 2.36. The van der Waals surface area contributed by atoms with Crippen molar-refractivity contribution in [3.63, 3.8) is 0 Å². The average Bonchev–Trinajstić information content (AvgIpc) is 3.05. The van der Waals surface area contributed by atoms with Crippen LogP contribution in [0.4, 0.5) is 10.1 Å². The van der Waals surface area contributed by atoms with E-state index < -0.39 is 0 Å². The summed E-state index contributed by atoms with van der Waals surface area (Å²) in [6.45, 7) is 1.22. The van der Waals surface area contributed by atoms with Crippen LogP contribution < -0.4 is 19.6 Å². The number of methoxy groups -OCH3 is 2. The zero-order chi connectivity index (χ0) is 29.8. The molecule has 2 aromatic carbocycles. The first-order valence-corrected chi connectivity index (χ1v) is 13.5. The highest BCUT2D eigenvalue weighted by Gasteiger charge is 2.19. The number of aromatic nitrogens is 5. The number of nitrogens with zero attached hydrogens (tertiary/aromatic N) is 6. The number of aliphatic imine (C=N–C) groups is 1. The van der Waals surface area contributed by atoms with Crippen LogP contribution in [0.1, 0.15) is 24.6 Å². The van der Waals surface area contributed by atoms with Crippen molar-refractivity contribution in [1.82, 2.24) is 24.7 Å². The van der Waals surface area contributed by atoms with E-state index in [0.29, 0.717) is 58.2 Å². The average molecular weight is 583 g/mol. The largest absolute Gasteiger partial charge is 0.493 e. The molecule has 1 aliphatic rings. The smallest absolute Gasteiger partial charge is 0.322 e. The predicted octanol–water partition coefficient (Wildman–Crippen LogP) is 5.30. The molecule has 0 N–H and O–H groups in total. The fourth-order valence-electron chi connectivity index (χ4n) is 4.78. The number of rotatable bonds is 8. The molecule has 5 aromatic rings. The Morgan fingerprint density at radius 2 is 1.70 bits per heavy atom. The van der Waals surface area contributed by atoms with Crippen LogP contribution in [-0.2, 0) is 4.74 Å². The highest BCUT2D eigenvalue weighted by atomic mass is 19.1. The molecule has 218 valence electrons. The van der Waals surface area contributed by atoms with Gasteiger partial charge in [-0.15, -0.1) is 0 Å². The quantitative estimate of drug-likeness (QED) is 0.224. The monoisotopic (exact) mass is 582 g/mol. The van der Waals surface area contributed by atoms with Crippen LogP contribution in [0, 0.1) is 5.82 Å². The van der Waals surface area contributed by atoms with Gasteiger partial charge < -0.3 is 18.9 Å². The molecule has 6 rings (SSSR count). The first-order chi connectivity index (χ1) is 21.0. The molecule has 0 unspecified atom stereocenters. The van der Waals surface area contributed by atoms with Crippen molar-refractivity contribution in [2.45, 2.75) is 18.9 Å². The molecular weight excluding hydrogens is 555 g/mol. The molecule has 0 atom stereocenters. The third-order valence-electron chi connectivity index (χ3n) is 7.04. The van der Waals surface area contributed by atoms with E-state index in [9.17, 15) is 9.18 Å². The van der Waals surface area contributed by atoms with Crippen LogP contribution in [0.15, 0.2) is 77.0 Å². The Morgan fingerprint density at radius 3 is 2.42 bits per heavy atom. The molecule has 0 saturated carbocycles. The van der Waals surface area contributed by atoms with E-state index in [0.717, 1.165) is 12.8 Å². The van der Waals surface area contributed by atoms with Gasteiger partial charge in [-0.1, -0.05) is 12.1 Å². The zero-order valence-electron chi connectivity index (χ0n) is 23.4. The molecule has 0 aliphatic carbocycles. The van der Waals surface area contributed by atoms with E-state index in [2.05, 4.69) is 25.0 Å². The first-order valence-electron chi connectivity index (χ1n) is 13.5. The summed E-state index contributed by atoms with van der Waals surface area (Å²) < 4.78 is 37.6. The molecular formula is C31H27FN6O5. The summed E-state index contributed by atoms with van der Waals surface area (Å²) in [7, 11) is 3.11. The van der Waals surface area contributed by atoms with Gasteiger partial charge in [0.05, 0.1) is 50.1 Å². The van der Waals surface area contributed by atoms with Crippen molar-refractivity contribution in [2.75, 3.05) is 27.4 Å². The van der Waals surface area contributed by atoms with E-state index in [1.807, 2.05) is 0 Å². The maximum absolute atomic E-state index is 13.6. The molecule has 0 radical (unpaired) electrons. The Hall–Kier alpha value is -5.23. The number of pyridine rings is 1. The standard InChI is InChI=1S/C31H27FN6O5/c1-40-28-13-23-25(14-29(28)41-2)33-10-7-27(23)43-31-35-15-21(16-36-31)34-17-26-30(39)24(19-3-5-20(32)6-4-19)18-38(37-26)22-8-11-42-12-9-22/h3-7,10,13-18,22H,8-9,11-12H2,1-2H3/b34-17+. The van der Waals surface area contributed by atoms with Gasteiger partial charge in [-0.3, -0.25) is 19.5 Å². The van der Waals surface area contributed by atoms with E-state index in [-0.39, 0.29) is 29.0 Å². The topological polar surface area (TPSA) is 123 Å². The maximum Gasteiger partial charge on any atom is 0.322 e. The molecule has 1 fully saturated rings. The molecule has 1 aliphatic heterocycles. The van der Waals surface area contributed by atoms with Gasteiger partial charge >= 0.3 is 6.01 Å². The second kappa shape index (κ2) is 12.3. The van der Waals surface area contributed by atoms with Crippen molar-refractivity contribution in [1.29, 1.82) is 0 Å². The van der Waals surface area contributed by atoms with Crippen LogP contribution in [0.2, 0.25) is 0 Å². The lowest BCUT2D eigenvalue weighted by atomic mass is 10.1. The van der Waals surface area contributed by atoms with Gasteiger partial charge in [0, 0.05) is 42.6 Å². The Morgan fingerprint density at radius 1 is 0.977 bits per heavy atom. The fourth-order valence-corrected chi connectivity index (χ4v) is 4.78. The van der Waals surface area contributed by atoms with Gasteiger partial charge in [0.25, 0.3) is 0 Å². The molecule has 0 spiro atoms. The minimum atomic E-state index is -0.381. The number of hydrogen-bond donors (Lipinski definition) is 0. The highest BCUT2D eigenvalue weighted by molar-refractivity contribution is 5.88. The minimum absolute atomic E-state index is 0.0609. The Bertz CT molecular complexity index is 1840. The summed E-state index contributed by atoms with van der Waals surface area (Å²) >= 11 is 0. The van der Waals surface area contributed by atoms with Crippen molar-refractivity contribution >= 4 is 22.8 Å². The molecule has 11 nitrogen and oxygen atoms in total. The van der Waals surface area contributed by atoms with Crippen LogP contribution in [-0.4, -0.2) is 58.4 Å². The lowest BCUT2D eigenvalue weighted by Crippen LogP contribution is -2.26. The third kappa shape index (κ3) is 6.04. The maximum atomic E-state index is 13.6. The lowest BCUT2D eigenvalue weighted by Gasteiger charge is -2.24. The normalized spacial score (nSPS) is 13.8. The Balaban J connectivity index is 1.27. The molecule has 1 saturated heterocycles. The van der Waals surface area contributed by atoms with Crippen molar-refractivity contribution in [3.05, 3.63) is 89.0 Å². The Kier molecular flexibility index (Phi) is 8.01. The van der Waals surface area contributed by atoms with Gasteiger partial charge in [0.15, 0.2) is 11.5 Å². The summed E-state index contributed by atoms with van der Waals surface area (Å²) in [5, 5.41) is 5.27. The molecule has 3 aromatic heterocycles. The fraction of sp³-hybridized carbons (Fsp3) is 0.226. The van der Waals surface area contributed by atoms with Crippen LogP contribution >= 0.6 is 0 Å². The third-order valence-corrected chi connectivity index (χ3v) is 7.04. The zero-order valence-corrected chi connectivity index (χ0v) is 23.4. The summed E-state index contributed by atoms with van der Waals surface area (Å²) in [5.74, 6) is 1.19. The van der Waals surface area contributed by atoms with Crippen LogP contribution in [0.3, 0.4) is 0 Å². The van der Waals surface area contributed by atoms with Crippen molar-refractivity contribution < 1.29 is 23.3 Å². The summed E-state index contributed by atoms with van der Waals surface area (Å²) in [6.07, 6.45) is 9.20. The second-order valence-electron chi connectivity index (χ2n) is 9.71. The van der Waals surface area contributed by atoms with Gasteiger partial charge in [0.2, 0.25) is 5.43 Å². The van der Waals surface area contributed by atoms with E-state index in [1.165, 1.54) is 30.7 Å². The predicted molar refractivity (Wildman–Crippen MR) is 157 cm³/mol. The molecule has 0 bridgehead atoms. The minimum Gasteiger partial charge on any atom is -0.493 e.